The van der Waals surface area contributed by atoms with Crippen molar-refractivity contribution in [3.63, 3.8) is 0 Å². The Labute approximate surface area is 445 Å². The molecule has 0 atom stereocenters. The molecular formula is C58H63N3O14S. The van der Waals surface area contributed by atoms with Gasteiger partial charge in [-0.15, -0.1) is 0 Å². The number of ether oxygens (including phenoxy) is 8. The van der Waals surface area contributed by atoms with Crippen molar-refractivity contribution in [1.82, 2.24) is 4.98 Å². The summed E-state index contributed by atoms with van der Waals surface area (Å²) in [5.41, 5.74) is 2.27. The molecule has 5 aromatic rings. The zero-order valence-corrected chi connectivity index (χ0v) is 43.4. The average Bonchev–Trinajstić information content (AvgIpc) is 3.89. The van der Waals surface area contributed by atoms with Crippen LogP contribution in [0.4, 0.5) is 5.13 Å². The van der Waals surface area contributed by atoms with Crippen molar-refractivity contribution in [3.05, 3.63) is 127 Å². The van der Waals surface area contributed by atoms with Gasteiger partial charge in [0.2, 0.25) is 18.7 Å². The van der Waals surface area contributed by atoms with Crippen molar-refractivity contribution in [2.24, 2.45) is 28.8 Å². The van der Waals surface area contributed by atoms with Crippen LogP contribution in [-0.2, 0) is 49.4 Å². The topological polar surface area (TPSA) is 205 Å². The molecule has 1 aromatic heterocycles. The van der Waals surface area contributed by atoms with E-state index in [4.69, 9.17) is 48.0 Å². The summed E-state index contributed by atoms with van der Waals surface area (Å²) in [5.74, 6) is -2.43. The van der Waals surface area contributed by atoms with Gasteiger partial charge in [-0.2, -0.15) is 5.10 Å². The number of carbonyl (C=O) groups excluding carboxylic acids is 6. The summed E-state index contributed by atoms with van der Waals surface area (Å²) in [7, 11) is 0. The Morgan fingerprint density at radius 3 is 1.66 bits per heavy atom. The summed E-state index contributed by atoms with van der Waals surface area (Å²) >= 11 is 1.55. The summed E-state index contributed by atoms with van der Waals surface area (Å²) in [6.45, 7) is 9.01. The van der Waals surface area contributed by atoms with Gasteiger partial charge in [0, 0.05) is 30.7 Å². The number of aromatic nitrogens is 1. The van der Waals surface area contributed by atoms with Crippen LogP contribution in [0, 0.1) is 23.7 Å². The summed E-state index contributed by atoms with van der Waals surface area (Å²) in [6, 6.07) is 26.1. The number of hydrogen-bond donors (Lipinski definition) is 0. The van der Waals surface area contributed by atoms with Gasteiger partial charge in [0.05, 0.1) is 46.7 Å². The molecule has 0 saturated heterocycles. The minimum Gasteiger partial charge on any atom is -0.465 e. The predicted molar refractivity (Wildman–Crippen MR) is 284 cm³/mol. The number of carbonyl (C=O) groups is 6. The first-order valence-corrected chi connectivity index (χ1v) is 26.5. The van der Waals surface area contributed by atoms with E-state index in [0.717, 1.165) is 58.7 Å². The van der Waals surface area contributed by atoms with Crippen LogP contribution in [0.1, 0.15) is 95.1 Å². The van der Waals surface area contributed by atoms with Crippen LogP contribution in [0.15, 0.2) is 121 Å². The van der Waals surface area contributed by atoms with Gasteiger partial charge < -0.3 is 37.9 Å². The Morgan fingerprint density at radius 2 is 1.13 bits per heavy atom. The Balaban J connectivity index is 0.943. The van der Waals surface area contributed by atoms with Crippen LogP contribution in [0.3, 0.4) is 0 Å². The van der Waals surface area contributed by atoms with Gasteiger partial charge in [-0.25, -0.2) is 19.6 Å². The van der Waals surface area contributed by atoms with E-state index in [0.29, 0.717) is 98.6 Å². The highest BCUT2D eigenvalue weighted by atomic mass is 32.1. The van der Waals surface area contributed by atoms with Gasteiger partial charge in [-0.1, -0.05) is 68.9 Å². The Bertz CT molecular complexity index is 2780. The number of benzene rings is 4. The lowest BCUT2D eigenvalue weighted by atomic mass is 9.82. The van der Waals surface area contributed by atoms with E-state index in [1.54, 1.807) is 72.1 Å². The van der Waals surface area contributed by atoms with E-state index in [-0.39, 0.29) is 44.0 Å². The van der Waals surface area contributed by atoms with E-state index in [1.807, 2.05) is 41.4 Å². The smallest absolute Gasteiger partial charge is 0.333 e. The Hall–Kier alpha value is -7.86. The third-order valence-electron chi connectivity index (χ3n) is 13.0. The maximum absolute atomic E-state index is 13.8. The highest BCUT2D eigenvalue weighted by Gasteiger charge is 2.34. The highest BCUT2D eigenvalue weighted by Crippen LogP contribution is 2.35. The number of unbranched alkanes of at least 4 members (excludes halogenated alkanes) is 3. The molecule has 0 amide bonds. The number of hydrogen-bond acceptors (Lipinski definition) is 18. The Kier molecular flexibility index (Phi) is 21.1. The van der Waals surface area contributed by atoms with Crippen molar-refractivity contribution < 1.29 is 66.7 Å². The van der Waals surface area contributed by atoms with Crippen molar-refractivity contribution in [3.8, 4) is 28.7 Å². The van der Waals surface area contributed by atoms with Gasteiger partial charge in [-0.05, 0) is 136 Å². The molecular weight excluding hydrogens is 995 g/mol. The van der Waals surface area contributed by atoms with E-state index in [2.05, 4.69) is 20.1 Å². The van der Waals surface area contributed by atoms with Gasteiger partial charge in [-0.3, -0.25) is 19.2 Å². The predicted octanol–water partition coefficient (Wildman–Crippen LogP) is 10.7. The van der Waals surface area contributed by atoms with E-state index in [1.165, 1.54) is 0 Å². The van der Waals surface area contributed by atoms with E-state index >= 15 is 0 Å². The molecule has 0 radical (unpaired) electrons. The molecule has 76 heavy (non-hydrogen) atoms. The molecule has 0 spiro atoms. The largest absolute Gasteiger partial charge is 0.465 e. The second-order valence-electron chi connectivity index (χ2n) is 18.3. The number of para-hydroxylation sites is 1. The molecule has 7 rings (SSSR count). The van der Waals surface area contributed by atoms with Crippen LogP contribution in [-0.4, -0.2) is 73.8 Å². The van der Waals surface area contributed by atoms with E-state index < -0.39 is 35.7 Å². The molecule has 18 heteroatoms. The third-order valence-corrected chi connectivity index (χ3v) is 14.1. The normalized spacial score (nSPS) is 17.2. The monoisotopic (exact) mass is 1060 g/mol. The van der Waals surface area contributed by atoms with Crippen LogP contribution < -0.4 is 28.7 Å². The molecule has 2 saturated carbocycles. The lowest BCUT2D eigenvalue weighted by Crippen LogP contribution is -2.30. The summed E-state index contributed by atoms with van der Waals surface area (Å²) in [4.78, 5) is 80.7. The minimum atomic E-state index is -0.608. The summed E-state index contributed by atoms with van der Waals surface area (Å²) in [6.07, 6.45) is 11.9. The van der Waals surface area contributed by atoms with Crippen molar-refractivity contribution in [2.75, 3.05) is 31.7 Å². The van der Waals surface area contributed by atoms with Crippen LogP contribution in [0.5, 0.6) is 28.7 Å². The fraction of sp³-hybridized carbons (Fsp3) is 0.379. The third kappa shape index (κ3) is 16.8. The quantitative estimate of drug-likeness (QED) is 0.00738. The molecule has 0 N–H and O–H groups in total. The van der Waals surface area contributed by atoms with Gasteiger partial charge >= 0.3 is 35.8 Å². The standard InChI is InChI=1S/C58H63N3O14S/c1-4-7-8-11-33-61(58-60-49-12-9-10-13-51(49)76-58)59-36-44-35-39(32-34-68-54(64)40-15-17-41(18-16-40)55(65)73-47-27-23-45(24-28-47)69-37-71-52(62)5-2)14-31-50(44)75-57(67)43-21-19-42(20-22-43)56(66)74-48-29-25-46(26-30-48)70-38-72-53(63)6-3/h5-6,9-10,12-14,23-31,35-36,40-43H,2-4,7-8,11,15-22,32-34,37-38H2,1H3/b59-36+. The first-order valence-electron chi connectivity index (χ1n) is 25.6. The molecule has 2 aliphatic rings. The second kappa shape index (κ2) is 28.7. The number of nitrogens with zero attached hydrogens (tertiary/aromatic N) is 3. The van der Waals surface area contributed by atoms with Crippen molar-refractivity contribution in [2.45, 2.75) is 90.4 Å². The zero-order chi connectivity index (χ0) is 53.7. The van der Waals surface area contributed by atoms with Crippen molar-refractivity contribution >= 4 is 68.7 Å². The summed E-state index contributed by atoms with van der Waals surface area (Å²) < 4.78 is 44.6. The average molecular weight is 1060 g/mol. The number of anilines is 1. The van der Waals surface area contributed by atoms with Crippen molar-refractivity contribution in [1.29, 1.82) is 0 Å². The molecule has 0 bridgehead atoms. The van der Waals surface area contributed by atoms with Crippen LogP contribution >= 0.6 is 11.3 Å². The number of esters is 6. The molecule has 2 fully saturated rings. The minimum absolute atomic E-state index is 0.114. The highest BCUT2D eigenvalue weighted by molar-refractivity contribution is 7.22. The lowest BCUT2D eigenvalue weighted by Gasteiger charge is -2.26. The SMILES string of the molecule is C=CC(=O)OCOc1ccc(OC(=O)C2CCC(C(=O)OCCc3ccc(OC(=O)C4CCC(C(=O)Oc5ccc(OCOC(=O)C=C)cc5)CC4)c(/C=N/N(CCCCCC)c4nc5ccccc5s4)c3)CC2)cc1. The number of hydrazone groups is 1. The molecule has 2 aliphatic carbocycles. The van der Waals surface area contributed by atoms with Gasteiger partial charge in [0.15, 0.2) is 0 Å². The molecule has 4 aromatic carbocycles. The molecule has 0 unspecified atom stereocenters. The first-order chi connectivity index (χ1) is 37.0. The molecule has 1 heterocycles. The second-order valence-corrected chi connectivity index (χ2v) is 19.4. The van der Waals surface area contributed by atoms with Gasteiger partial charge in [0.1, 0.15) is 28.7 Å². The van der Waals surface area contributed by atoms with Crippen LogP contribution in [0.2, 0.25) is 0 Å². The number of fused-ring (bicyclic) bond motifs is 1. The number of thiazole rings is 1. The Morgan fingerprint density at radius 1 is 0.618 bits per heavy atom. The maximum atomic E-state index is 13.8. The molecule has 0 aliphatic heterocycles. The van der Waals surface area contributed by atoms with Gasteiger partial charge in [0.25, 0.3) is 0 Å². The molecule has 400 valence electrons. The zero-order valence-electron chi connectivity index (χ0n) is 42.6. The fourth-order valence-corrected chi connectivity index (χ4v) is 9.63. The van der Waals surface area contributed by atoms with E-state index in [9.17, 15) is 28.8 Å². The molecule has 17 nitrogen and oxygen atoms in total. The maximum Gasteiger partial charge on any atom is 0.333 e. The number of rotatable bonds is 26. The summed E-state index contributed by atoms with van der Waals surface area (Å²) in [5, 5.41) is 7.59. The van der Waals surface area contributed by atoms with Crippen LogP contribution in [0.25, 0.3) is 10.2 Å². The lowest BCUT2D eigenvalue weighted by molar-refractivity contribution is -0.152. The first kappa shape index (κ1) is 55.9. The fourth-order valence-electron chi connectivity index (χ4n) is 8.69.